The Labute approximate surface area is 174 Å². The van der Waals surface area contributed by atoms with Crippen LogP contribution in [-0.4, -0.2) is 23.3 Å². The molecule has 0 bridgehead atoms. The van der Waals surface area contributed by atoms with Crippen molar-refractivity contribution in [2.24, 2.45) is 11.8 Å². The SMILES string of the molecule is CCCCC[C@@H]1CN(Cc2ccccc2)C(=O)[C@H]1CC(=O)NCc1ccccc1. The van der Waals surface area contributed by atoms with Gasteiger partial charge in [0.05, 0.1) is 5.92 Å². The lowest BCUT2D eigenvalue weighted by molar-refractivity contribution is -0.134. The fourth-order valence-electron chi connectivity index (χ4n) is 4.15. The Morgan fingerprint density at radius 1 is 1.00 bits per heavy atom. The van der Waals surface area contributed by atoms with Crippen LogP contribution >= 0.6 is 0 Å². The van der Waals surface area contributed by atoms with E-state index in [4.69, 9.17) is 0 Å². The van der Waals surface area contributed by atoms with E-state index in [9.17, 15) is 9.59 Å². The molecule has 29 heavy (non-hydrogen) atoms. The molecular formula is C25H32N2O2. The number of hydrogen-bond acceptors (Lipinski definition) is 2. The fourth-order valence-corrected chi connectivity index (χ4v) is 4.15. The normalized spacial score (nSPS) is 18.8. The first-order valence-corrected chi connectivity index (χ1v) is 10.8. The Bertz CT molecular complexity index is 776. The van der Waals surface area contributed by atoms with Gasteiger partial charge in [0, 0.05) is 26.1 Å². The van der Waals surface area contributed by atoms with Crippen LogP contribution in [0.15, 0.2) is 60.7 Å². The Kier molecular flexibility index (Phi) is 7.85. The third-order valence-electron chi connectivity index (χ3n) is 5.79. The Morgan fingerprint density at radius 2 is 1.66 bits per heavy atom. The topological polar surface area (TPSA) is 49.4 Å². The second-order valence-corrected chi connectivity index (χ2v) is 8.03. The molecule has 1 saturated heterocycles. The maximum Gasteiger partial charge on any atom is 0.226 e. The van der Waals surface area contributed by atoms with E-state index >= 15 is 0 Å². The molecule has 2 aromatic rings. The maximum atomic E-state index is 13.1. The first kappa shape index (κ1) is 21.1. The monoisotopic (exact) mass is 392 g/mol. The Morgan fingerprint density at radius 3 is 2.31 bits per heavy atom. The minimum Gasteiger partial charge on any atom is -0.352 e. The Balaban J connectivity index is 1.60. The number of likely N-dealkylation sites (tertiary alicyclic amines) is 1. The van der Waals surface area contributed by atoms with Gasteiger partial charge >= 0.3 is 0 Å². The molecule has 3 rings (SSSR count). The third kappa shape index (κ3) is 6.18. The van der Waals surface area contributed by atoms with Crippen molar-refractivity contribution in [3.8, 4) is 0 Å². The standard InChI is InChI=1S/C25H32N2O2/c1-2-3-6-15-22-19-27(18-21-13-9-5-10-14-21)25(29)23(22)16-24(28)26-17-20-11-7-4-8-12-20/h4-5,7-14,22-23H,2-3,6,15-19H2,1H3,(H,26,28)/t22-,23+/m1/s1. The smallest absolute Gasteiger partial charge is 0.226 e. The van der Waals surface area contributed by atoms with Crippen molar-refractivity contribution < 1.29 is 9.59 Å². The predicted molar refractivity (Wildman–Crippen MR) is 116 cm³/mol. The highest BCUT2D eigenvalue weighted by molar-refractivity contribution is 5.87. The largest absolute Gasteiger partial charge is 0.352 e. The number of benzene rings is 2. The van der Waals surface area contributed by atoms with Crippen LogP contribution in [0, 0.1) is 11.8 Å². The molecule has 1 aliphatic heterocycles. The number of rotatable bonds is 10. The molecule has 2 amide bonds. The summed E-state index contributed by atoms with van der Waals surface area (Å²) in [5, 5.41) is 2.99. The number of carbonyl (C=O) groups is 2. The molecule has 154 valence electrons. The molecule has 4 nitrogen and oxygen atoms in total. The predicted octanol–water partition coefficient (Wildman–Crippen LogP) is 4.55. The Hall–Kier alpha value is -2.62. The van der Waals surface area contributed by atoms with E-state index in [0.717, 1.165) is 36.9 Å². The van der Waals surface area contributed by atoms with Crippen molar-refractivity contribution in [1.82, 2.24) is 10.2 Å². The molecule has 2 atom stereocenters. The lowest BCUT2D eigenvalue weighted by atomic mass is 9.87. The molecule has 1 aliphatic rings. The van der Waals surface area contributed by atoms with Crippen LogP contribution in [0.3, 0.4) is 0 Å². The van der Waals surface area contributed by atoms with Gasteiger partial charge in [0.1, 0.15) is 0 Å². The highest BCUT2D eigenvalue weighted by Crippen LogP contribution is 2.32. The molecule has 2 aromatic carbocycles. The van der Waals surface area contributed by atoms with Crippen LogP contribution in [0.2, 0.25) is 0 Å². The van der Waals surface area contributed by atoms with Crippen LogP contribution in [-0.2, 0) is 22.7 Å². The molecule has 1 N–H and O–H groups in total. The van der Waals surface area contributed by atoms with E-state index in [1.807, 2.05) is 53.4 Å². The molecule has 1 heterocycles. The van der Waals surface area contributed by atoms with Gasteiger partial charge in [0.25, 0.3) is 0 Å². The maximum absolute atomic E-state index is 13.1. The third-order valence-corrected chi connectivity index (χ3v) is 5.79. The van der Waals surface area contributed by atoms with Gasteiger partial charge < -0.3 is 10.2 Å². The first-order valence-electron chi connectivity index (χ1n) is 10.8. The van der Waals surface area contributed by atoms with Gasteiger partial charge in [-0.05, 0) is 23.5 Å². The highest BCUT2D eigenvalue weighted by atomic mass is 16.2. The van der Waals surface area contributed by atoms with E-state index in [0.29, 0.717) is 13.1 Å². The molecule has 0 aromatic heterocycles. The van der Waals surface area contributed by atoms with Crippen LogP contribution in [0.1, 0.15) is 50.2 Å². The zero-order chi connectivity index (χ0) is 20.5. The summed E-state index contributed by atoms with van der Waals surface area (Å²) in [6.07, 6.45) is 4.76. The van der Waals surface area contributed by atoms with Gasteiger partial charge in [-0.1, -0.05) is 86.8 Å². The van der Waals surface area contributed by atoms with Gasteiger partial charge in [0.15, 0.2) is 0 Å². The molecular weight excluding hydrogens is 360 g/mol. The summed E-state index contributed by atoms with van der Waals surface area (Å²) < 4.78 is 0. The van der Waals surface area contributed by atoms with Gasteiger partial charge in [-0.3, -0.25) is 9.59 Å². The van der Waals surface area contributed by atoms with Crippen LogP contribution < -0.4 is 5.32 Å². The van der Waals surface area contributed by atoms with Crippen molar-refractivity contribution in [1.29, 1.82) is 0 Å². The summed E-state index contributed by atoms with van der Waals surface area (Å²) in [4.78, 5) is 27.6. The summed E-state index contributed by atoms with van der Waals surface area (Å²) in [5.74, 6) is 0.158. The highest BCUT2D eigenvalue weighted by Gasteiger charge is 2.40. The number of nitrogens with one attached hydrogen (secondary N) is 1. The number of carbonyl (C=O) groups excluding carboxylic acids is 2. The lowest BCUT2D eigenvalue weighted by Gasteiger charge is -2.16. The van der Waals surface area contributed by atoms with Crippen molar-refractivity contribution in [2.75, 3.05) is 6.54 Å². The number of hydrogen-bond donors (Lipinski definition) is 1. The average Bonchev–Trinajstić information content (AvgIpc) is 3.03. The van der Waals surface area contributed by atoms with Crippen LogP contribution in [0.4, 0.5) is 0 Å². The lowest BCUT2D eigenvalue weighted by Crippen LogP contribution is -2.31. The zero-order valence-electron chi connectivity index (χ0n) is 17.3. The second-order valence-electron chi connectivity index (χ2n) is 8.03. The minimum absolute atomic E-state index is 0.0331. The van der Waals surface area contributed by atoms with Crippen molar-refractivity contribution in [3.63, 3.8) is 0 Å². The number of nitrogens with zero attached hydrogens (tertiary/aromatic N) is 1. The first-order chi connectivity index (χ1) is 14.2. The van der Waals surface area contributed by atoms with E-state index in [2.05, 4.69) is 24.4 Å². The zero-order valence-corrected chi connectivity index (χ0v) is 17.3. The summed E-state index contributed by atoms with van der Waals surface area (Å²) in [6, 6.07) is 20.0. The van der Waals surface area contributed by atoms with Gasteiger partial charge in [-0.25, -0.2) is 0 Å². The fraction of sp³-hybridized carbons (Fsp3) is 0.440. The molecule has 0 saturated carbocycles. The summed E-state index contributed by atoms with van der Waals surface area (Å²) in [5.41, 5.74) is 2.21. The quantitative estimate of drug-likeness (QED) is 0.603. The van der Waals surface area contributed by atoms with E-state index in [-0.39, 0.29) is 30.1 Å². The van der Waals surface area contributed by atoms with Gasteiger partial charge in [-0.15, -0.1) is 0 Å². The van der Waals surface area contributed by atoms with Gasteiger partial charge in [0.2, 0.25) is 11.8 Å². The van der Waals surface area contributed by atoms with E-state index in [1.165, 1.54) is 6.42 Å². The molecule has 1 fully saturated rings. The second kappa shape index (κ2) is 10.8. The molecule has 0 unspecified atom stereocenters. The average molecular weight is 393 g/mol. The van der Waals surface area contributed by atoms with Crippen LogP contribution in [0.5, 0.6) is 0 Å². The number of unbranched alkanes of at least 4 members (excludes halogenated alkanes) is 2. The van der Waals surface area contributed by atoms with Crippen molar-refractivity contribution in [2.45, 2.75) is 52.1 Å². The van der Waals surface area contributed by atoms with E-state index in [1.54, 1.807) is 0 Å². The number of amides is 2. The summed E-state index contributed by atoms with van der Waals surface area (Å²) in [6.45, 7) is 4.09. The van der Waals surface area contributed by atoms with Crippen molar-refractivity contribution in [3.05, 3.63) is 71.8 Å². The van der Waals surface area contributed by atoms with Crippen LogP contribution in [0.25, 0.3) is 0 Å². The molecule has 0 radical (unpaired) electrons. The summed E-state index contributed by atoms with van der Waals surface area (Å²) in [7, 11) is 0. The van der Waals surface area contributed by atoms with Crippen molar-refractivity contribution >= 4 is 11.8 Å². The molecule has 4 heteroatoms. The van der Waals surface area contributed by atoms with E-state index < -0.39 is 0 Å². The minimum atomic E-state index is -0.202. The molecule has 0 aliphatic carbocycles. The molecule has 0 spiro atoms. The van der Waals surface area contributed by atoms with Gasteiger partial charge in [-0.2, -0.15) is 0 Å². The summed E-state index contributed by atoms with van der Waals surface area (Å²) >= 11 is 0.